The third-order valence-electron chi connectivity index (χ3n) is 8.36. The molecular formula is C45H76NO9P. The number of aliphatic hydroxyl groups is 1. The highest BCUT2D eigenvalue weighted by Gasteiger charge is 2.25. The molecule has 0 aromatic heterocycles. The van der Waals surface area contributed by atoms with Crippen LogP contribution >= 0.6 is 7.82 Å². The van der Waals surface area contributed by atoms with Gasteiger partial charge in [0.1, 0.15) is 6.61 Å². The number of esters is 2. The van der Waals surface area contributed by atoms with Crippen molar-refractivity contribution >= 4 is 19.8 Å². The Morgan fingerprint density at radius 1 is 0.643 bits per heavy atom. The van der Waals surface area contributed by atoms with Crippen molar-refractivity contribution in [1.82, 2.24) is 0 Å². The third-order valence-corrected chi connectivity index (χ3v) is 9.34. The number of ether oxygens (including phenoxy) is 2. The smallest absolute Gasteiger partial charge is 0.462 e. The fraction of sp³-hybridized carbons (Fsp3) is 0.644. The number of carbonyl (C=O) groups is 2. The van der Waals surface area contributed by atoms with Crippen molar-refractivity contribution in [2.75, 3.05) is 26.4 Å². The Morgan fingerprint density at radius 2 is 1.23 bits per heavy atom. The Labute approximate surface area is 339 Å². The Morgan fingerprint density at radius 3 is 1.91 bits per heavy atom. The largest absolute Gasteiger partial charge is 0.472 e. The molecule has 0 fully saturated rings. The number of phosphoric acid groups is 1. The van der Waals surface area contributed by atoms with Crippen LogP contribution in [0.5, 0.6) is 0 Å². The minimum Gasteiger partial charge on any atom is -0.462 e. The molecule has 0 amide bonds. The molecule has 56 heavy (non-hydrogen) atoms. The Kier molecular flexibility index (Phi) is 38.3. The molecule has 0 saturated carbocycles. The van der Waals surface area contributed by atoms with E-state index >= 15 is 0 Å². The summed E-state index contributed by atoms with van der Waals surface area (Å²) < 4.78 is 32.6. The molecule has 0 heterocycles. The first-order valence-corrected chi connectivity index (χ1v) is 22.7. The van der Waals surface area contributed by atoms with Gasteiger partial charge in [-0.2, -0.15) is 0 Å². The number of nitrogens with two attached hydrogens (primary N) is 1. The molecule has 0 rings (SSSR count). The van der Waals surface area contributed by atoms with Crippen molar-refractivity contribution in [3.63, 3.8) is 0 Å². The molecule has 0 aliphatic rings. The Balaban J connectivity index is 4.41. The van der Waals surface area contributed by atoms with Crippen molar-refractivity contribution in [3.05, 3.63) is 85.1 Å². The van der Waals surface area contributed by atoms with Crippen LogP contribution in [0.2, 0.25) is 0 Å². The molecule has 3 atom stereocenters. The van der Waals surface area contributed by atoms with Crippen LogP contribution in [0, 0.1) is 0 Å². The summed E-state index contributed by atoms with van der Waals surface area (Å²) in [6.07, 6.45) is 46.5. The second-order valence-electron chi connectivity index (χ2n) is 13.7. The molecule has 10 nitrogen and oxygen atoms in total. The van der Waals surface area contributed by atoms with Gasteiger partial charge >= 0.3 is 19.8 Å². The maximum absolute atomic E-state index is 12.5. The molecular weight excluding hydrogens is 729 g/mol. The molecule has 0 radical (unpaired) electrons. The first-order valence-electron chi connectivity index (χ1n) is 21.2. The highest BCUT2D eigenvalue weighted by molar-refractivity contribution is 7.47. The standard InChI is InChI=1S/C45H76NO9P/c1-3-5-7-9-11-13-15-16-17-18-19-21-23-28-32-36-44(48)52-40-43(41-54-56(50,51)53-39-38-46)55-45(49)37-33-29-25-24-27-31-35-42(47)34-30-26-22-20-14-12-10-8-6-4-2/h6,8,12,14,16-17,22,25-27,29-31,34,42-43,47H,3-5,7,9-11,13,15,18-21,23-24,28,32-33,35-41,46H2,1-2H3,(H,50,51). The highest BCUT2D eigenvalue weighted by Crippen LogP contribution is 2.43. The average Bonchev–Trinajstić information content (AvgIpc) is 3.18. The molecule has 0 aliphatic heterocycles. The van der Waals surface area contributed by atoms with Crippen LogP contribution in [0.4, 0.5) is 0 Å². The summed E-state index contributed by atoms with van der Waals surface area (Å²) in [6.45, 7) is 3.40. The summed E-state index contributed by atoms with van der Waals surface area (Å²) in [6, 6.07) is 0. The lowest BCUT2D eigenvalue weighted by molar-refractivity contribution is -0.161. The molecule has 0 saturated heterocycles. The second-order valence-corrected chi connectivity index (χ2v) is 15.1. The fourth-order valence-electron chi connectivity index (χ4n) is 5.21. The number of aliphatic hydroxyl groups excluding tert-OH is 1. The van der Waals surface area contributed by atoms with Crippen LogP contribution in [-0.4, -0.2) is 60.5 Å². The van der Waals surface area contributed by atoms with Crippen LogP contribution < -0.4 is 5.73 Å². The van der Waals surface area contributed by atoms with E-state index in [-0.39, 0.29) is 32.6 Å². The number of hydrogen-bond acceptors (Lipinski definition) is 9. The minimum atomic E-state index is -4.42. The topological polar surface area (TPSA) is 155 Å². The number of hydrogen-bond donors (Lipinski definition) is 3. The van der Waals surface area contributed by atoms with Crippen LogP contribution in [0.15, 0.2) is 85.1 Å². The lowest BCUT2D eigenvalue weighted by Gasteiger charge is -2.19. The van der Waals surface area contributed by atoms with E-state index in [0.717, 1.165) is 51.4 Å². The molecule has 4 N–H and O–H groups in total. The summed E-state index contributed by atoms with van der Waals surface area (Å²) in [4.78, 5) is 34.8. The Bertz CT molecular complexity index is 1210. The second kappa shape index (κ2) is 40.4. The predicted octanol–water partition coefficient (Wildman–Crippen LogP) is 11.0. The number of unbranched alkanes of at least 4 members (excludes halogenated alkanes) is 11. The van der Waals surface area contributed by atoms with Crippen molar-refractivity contribution < 1.29 is 42.7 Å². The van der Waals surface area contributed by atoms with E-state index in [1.807, 2.05) is 42.5 Å². The summed E-state index contributed by atoms with van der Waals surface area (Å²) in [5.74, 6) is -0.992. The average molecular weight is 806 g/mol. The summed E-state index contributed by atoms with van der Waals surface area (Å²) in [5, 5.41) is 10.1. The monoisotopic (exact) mass is 806 g/mol. The van der Waals surface area contributed by atoms with Gasteiger partial charge in [-0.3, -0.25) is 18.6 Å². The van der Waals surface area contributed by atoms with Gasteiger partial charge in [-0.15, -0.1) is 0 Å². The molecule has 0 aromatic rings. The van der Waals surface area contributed by atoms with Crippen molar-refractivity contribution in [2.24, 2.45) is 5.73 Å². The van der Waals surface area contributed by atoms with Crippen molar-refractivity contribution in [2.45, 2.75) is 161 Å². The minimum absolute atomic E-state index is 0.0249. The zero-order valence-corrected chi connectivity index (χ0v) is 35.6. The van der Waals surface area contributed by atoms with Crippen molar-refractivity contribution in [1.29, 1.82) is 0 Å². The molecule has 0 spiro atoms. The lowest BCUT2D eigenvalue weighted by Crippen LogP contribution is -2.29. The maximum atomic E-state index is 12.5. The normalized spacial score (nSPS) is 14.7. The van der Waals surface area contributed by atoms with Gasteiger partial charge in [-0.25, -0.2) is 4.57 Å². The van der Waals surface area contributed by atoms with Gasteiger partial charge < -0.3 is 25.2 Å². The fourth-order valence-corrected chi connectivity index (χ4v) is 5.97. The van der Waals surface area contributed by atoms with Crippen LogP contribution in [-0.2, 0) is 32.7 Å². The quantitative estimate of drug-likeness (QED) is 0.0180. The first-order chi connectivity index (χ1) is 27.2. The SMILES string of the molecule is CCC=CCC=CCC=CC=CC(O)CC=CCC=CCCC(=O)OC(COC(=O)CCCCCCCC=CCCCCCCCC)COP(=O)(O)OCCN. The van der Waals surface area contributed by atoms with Crippen LogP contribution in [0.25, 0.3) is 0 Å². The third kappa shape index (κ3) is 39.4. The number of allylic oxidation sites excluding steroid dienone is 12. The molecule has 11 heteroatoms. The predicted molar refractivity (Wildman–Crippen MR) is 230 cm³/mol. The van der Waals surface area contributed by atoms with Gasteiger partial charge in [-0.1, -0.05) is 150 Å². The van der Waals surface area contributed by atoms with Gasteiger partial charge in [0, 0.05) is 19.4 Å². The molecule has 3 unspecified atom stereocenters. The van der Waals surface area contributed by atoms with Crippen LogP contribution in [0.1, 0.15) is 149 Å². The lowest BCUT2D eigenvalue weighted by atomic mass is 10.1. The molecule has 0 aromatic carbocycles. The van der Waals surface area contributed by atoms with Gasteiger partial charge in [0.05, 0.1) is 19.3 Å². The zero-order valence-electron chi connectivity index (χ0n) is 34.7. The molecule has 0 aliphatic carbocycles. The maximum Gasteiger partial charge on any atom is 0.472 e. The zero-order chi connectivity index (χ0) is 41.2. The van der Waals surface area contributed by atoms with E-state index in [9.17, 15) is 24.2 Å². The van der Waals surface area contributed by atoms with E-state index in [2.05, 4.69) is 50.3 Å². The molecule has 320 valence electrons. The number of carbonyl (C=O) groups excluding carboxylic acids is 2. The van der Waals surface area contributed by atoms with Gasteiger partial charge in [0.15, 0.2) is 6.10 Å². The van der Waals surface area contributed by atoms with E-state index < -0.39 is 38.6 Å². The Hall–Kier alpha value is -2.85. The van der Waals surface area contributed by atoms with Crippen molar-refractivity contribution in [3.8, 4) is 0 Å². The van der Waals surface area contributed by atoms with E-state index in [1.165, 1.54) is 44.9 Å². The summed E-state index contributed by atoms with van der Waals surface area (Å²) in [7, 11) is -4.42. The molecule has 0 bridgehead atoms. The summed E-state index contributed by atoms with van der Waals surface area (Å²) >= 11 is 0. The summed E-state index contributed by atoms with van der Waals surface area (Å²) in [5.41, 5.74) is 5.33. The van der Waals surface area contributed by atoms with Crippen LogP contribution in [0.3, 0.4) is 0 Å². The first kappa shape index (κ1) is 53.1. The highest BCUT2D eigenvalue weighted by atomic mass is 31.2. The van der Waals surface area contributed by atoms with E-state index in [1.54, 1.807) is 6.08 Å². The van der Waals surface area contributed by atoms with E-state index in [4.69, 9.17) is 24.3 Å². The van der Waals surface area contributed by atoms with Gasteiger partial charge in [0.2, 0.25) is 0 Å². The number of rotatable bonds is 38. The van der Waals surface area contributed by atoms with Gasteiger partial charge in [-0.05, 0) is 70.6 Å². The van der Waals surface area contributed by atoms with Gasteiger partial charge in [0.25, 0.3) is 0 Å². The number of phosphoric ester groups is 1. The van der Waals surface area contributed by atoms with E-state index in [0.29, 0.717) is 25.7 Å².